The SMILES string of the molecule is O=C(O)C(F)(F)F.O=C(O)c1ccc(-c2nc([C@@H]3CCc4c(Cl)c(-c5cc(Cl)ccc5-n5cnnn5)cc(=O)n43)[nH]c2Cl)s1. The van der Waals surface area contributed by atoms with Gasteiger partial charge in [0.25, 0.3) is 5.56 Å². The second-order valence-electron chi connectivity index (χ2n) is 9.05. The van der Waals surface area contributed by atoms with Gasteiger partial charge in [-0.05, 0) is 53.6 Å². The number of aromatic carboxylic acids is 1. The van der Waals surface area contributed by atoms with E-state index in [1.807, 2.05) is 0 Å². The molecule has 12 nitrogen and oxygen atoms in total. The molecule has 1 atom stereocenters. The number of aromatic nitrogens is 7. The number of fused-ring (bicyclic) bond motifs is 1. The number of nitrogens with zero attached hydrogens (tertiary/aromatic N) is 6. The minimum absolute atomic E-state index is 0.180. The minimum atomic E-state index is -5.08. The predicted molar refractivity (Wildman–Crippen MR) is 153 cm³/mol. The number of nitrogens with one attached hydrogen (secondary N) is 1. The number of tetrazole rings is 1. The molecule has 0 radical (unpaired) electrons. The molecule has 3 N–H and O–H groups in total. The van der Waals surface area contributed by atoms with Crippen LogP contribution in [0.1, 0.15) is 33.7 Å². The molecule has 5 aromatic rings. The number of carboxylic acid groups (broad SMARTS) is 2. The van der Waals surface area contributed by atoms with Gasteiger partial charge in [0.15, 0.2) is 0 Å². The Morgan fingerprint density at radius 3 is 2.41 bits per heavy atom. The lowest BCUT2D eigenvalue weighted by Gasteiger charge is -2.16. The van der Waals surface area contributed by atoms with Crippen molar-refractivity contribution in [1.82, 2.24) is 34.7 Å². The highest BCUT2D eigenvalue weighted by Gasteiger charge is 2.38. The van der Waals surface area contributed by atoms with E-state index in [4.69, 9.17) is 44.7 Å². The third kappa shape index (κ3) is 6.06. The number of pyridine rings is 1. The average molecular weight is 689 g/mol. The smallest absolute Gasteiger partial charge is 0.477 e. The van der Waals surface area contributed by atoms with Crippen molar-refractivity contribution in [2.75, 3.05) is 0 Å². The van der Waals surface area contributed by atoms with E-state index >= 15 is 0 Å². The molecular weight excluding hydrogens is 674 g/mol. The van der Waals surface area contributed by atoms with E-state index in [0.717, 1.165) is 11.3 Å². The highest BCUT2D eigenvalue weighted by atomic mass is 35.5. The maximum absolute atomic E-state index is 13.5. The number of halogens is 6. The molecule has 0 saturated heterocycles. The van der Waals surface area contributed by atoms with Crippen molar-refractivity contribution in [3.63, 3.8) is 0 Å². The summed E-state index contributed by atoms with van der Waals surface area (Å²) in [5, 5.41) is 28.8. The van der Waals surface area contributed by atoms with Crippen LogP contribution in [0.15, 0.2) is 47.5 Å². The van der Waals surface area contributed by atoms with Gasteiger partial charge in [-0.15, -0.1) is 16.4 Å². The number of rotatable bonds is 5. The Balaban J connectivity index is 0.000000493. The zero-order valence-electron chi connectivity index (χ0n) is 21.5. The quantitative estimate of drug-likeness (QED) is 0.208. The van der Waals surface area contributed by atoms with Crippen LogP contribution in [0.5, 0.6) is 0 Å². The van der Waals surface area contributed by atoms with Crippen molar-refractivity contribution < 1.29 is 33.0 Å². The van der Waals surface area contributed by atoms with E-state index in [1.54, 1.807) is 28.8 Å². The van der Waals surface area contributed by atoms with E-state index in [9.17, 15) is 27.9 Å². The number of hydrogen-bond donors (Lipinski definition) is 3. The molecule has 6 rings (SSSR count). The molecule has 5 heterocycles. The highest BCUT2D eigenvalue weighted by molar-refractivity contribution is 7.17. The summed E-state index contributed by atoms with van der Waals surface area (Å²) >= 11 is 20.7. The summed E-state index contributed by atoms with van der Waals surface area (Å²) in [4.78, 5) is 42.1. The summed E-state index contributed by atoms with van der Waals surface area (Å²) in [5.74, 6) is -3.28. The van der Waals surface area contributed by atoms with Crippen LogP contribution in [-0.4, -0.2) is 63.1 Å². The summed E-state index contributed by atoms with van der Waals surface area (Å²) in [6.45, 7) is 0. The van der Waals surface area contributed by atoms with Gasteiger partial charge in [-0.1, -0.05) is 34.8 Å². The van der Waals surface area contributed by atoms with Gasteiger partial charge in [0, 0.05) is 27.9 Å². The fourth-order valence-corrected chi connectivity index (χ4v) is 6.20. The molecule has 1 aliphatic heterocycles. The van der Waals surface area contributed by atoms with E-state index in [0.29, 0.717) is 61.8 Å². The minimum Gasteiger partial charge on any atom is -0.477 e. The number of carboxylic acids is 2. The van der Waals surface area contributed by atoms with Crippen LogP contribution in [0, 0.1) is 0 Å². The molecule has 4 aromatic heterocycles. The predicted octanol–water partition coefficient (Wildman–Crippen LogP) is 5.77. The van der Waals surface area contributed by atoms with Crippen molar-refractivity contribution in [3.8, 4) is 27.4 Å². The lowest BCUT2D eigenvalue weighted by Crippen LogP contribution is -2.24. The molecular formula is C25H15Cl3F3N7O5S. The average Bonchev–Trinajstić information content (AvgIpc) is 3.76. The molecule has 228 valence electrons. The maximum Gasteiger partial charge on any atom is 0.490 e. The molecule has 19 heteroatoms. The van der Waals surface area contributed by atoms with Crippen molar-refractivity contribution in [2.45, 2.75) is 25.1 Å². The number of carbonyl (C=O) groups is 2. The Labute approximate surface area is 262 Å². The van der Waals surface area contributed by atoms with Gasteiger partial charge in [-0.2, -0.15) is 17.9 Å². The van der Waals surface area contributed by atoms with Gasteiger partial charge in [0.1, 0.15) is 27.9 Å². The number of benzene rings is 1. The lowest BCUT2D eigenvalue weighted by atomic mass is 10.0. The Bertz CT molecular complexity index is 1960. The first kappa shape index (κ1) is 31.2. The zero-order valence-corrected chi connectivity index (χ0v) is 24.6. The molecule has 0 bridgehead atoms. The Hall–Kier alpha value is -4.25. The largest absolute Gasteiger partial charge is 0.490 e. The van der Waals surface area contributed by atoms with E-state index in [-0.39, 0.29) is 15.6 Å². The maximum atomic E-state index is 13.5. The summed E-state index contributed by atoms with van der Waals surface area (Å²) in [5.41, 5.74) is 2.58. The van der Waals surface area contributed by atoms with Gasteiger partial charge in [-0.25, -0.2) is 14.6 Å². The Morgan fingerprint density at radius 1 is 1.07 bits per heavy atom. The first-order chi connectivity index (χ1) is 20.8. The Morgan fingerprint density at radius 2 is 1.80 bits per heavy atom. The van der Waals surface area contributed by atoms with Crippen LogP contribution in [0.3, 0.4) is 0 Å². The molecule has 44 heavy (non-hydrogen) atoms. The molecule has 0 spiro atoms. The van der Waals surface area contributed by atoms with Crippen LogP contribution in [-0.2, 0) is 11.2 Å². The number of thiophene rings is 1. The normalized spacial score (nSPS) is 14.2. The van der Waals surface area contributed by atoms with Gasteiger partial charge < -0.3 is 19.8 Å². The highest BCUT2D eigenvalue weighted by Crippen LogP contribution is 2.41. The molecule has 0 unspecified atom stereocenters. The molecule has 1 aromatic carbocycles. The topological polar surface area (TPSA) is 169 Å². The summed E-state index contributed by atoms with van der Waals surface area (Å²) in [6.07, 6.45) is -2.53. The number of aliphatic carboxylic acids is 1. The summed E-state index contributed by atoms with van der Waals surface area (Å²) in [7, 11) is 0. The van der Waals surface area contributed by atoms with Crippen molar-refractivity contribution in [2.24, 2.45) is 0 Å². The van der Waals surface area contributed by atoms with Crippen LogP contribution in [0.2, 0.25) is 15.2 Å². The summed E-state index contributed by atoms with van der Waals surface area (Å²) in [6, 6.07) is 9.38. The fraction of sp³-hybridized carbons (Fsp3) is 0.160. The molecule has 1 aliphatic rings. The van der Waals surface area contributed by atoms with Crippen LogP contribution >= 0.6 is 46.1 Å². The van der Waals surface area contributed by atoms with E-state index < -0.39 is 24.2 Å². The third-order valence-corrected chi connectivity index (χ3v) is 8.39. The van der Waals surface area contributed by atoms with Gasteiger partial charge in [0.05, 0.1) is 21.6 Å². The molecule has 0 aliphatic carbocycles. The summed E-state index contributed by atoms with van der Waals surface area (Å²) < 4.78 is 34.8. The van der Waals surface area contributed by atoms with Gasteiger partial charge in [0.2, 0.25) is 0 Å². The first-order valence-corrected chi connectivity index (χ1v) is 14.1. The van der Waals surface area contributed by atoms with Crippen LogP contribution < -0.4 is 5.56 Å². The lowest BCUT2D eigenvalue weighted by molar-refractivity contribution is -0.192. The number of imidazole rings is 1. The molecule has 0 amide bonds. The van der Waals surface area contributed by atoms with Crippen LogP contribution in [0.4, 0.5) is 13.2 Å². The third-order valence-electron chi connectivity index (χ3n) is 6.38. The Kier molecular flexibility index (Phi) is 8.53. The number of hydrogen-bond acceptors (Lipinski definition) is 8. The number of aromatic amines is 1. The van der Waals surface area contributed by atoms with E-state index in [1.165, 1.54) is 23.1 Å². The van der Waals surface area contributed by atoms with Gasteiger partial charge in [-0.3, -0.25) is 4.79 Å². The number of H-pyrrole nitrogens is 1. The van der Waals surface area contributed by atoms with Crippen molar-refractivity contribution in [1.29, 1.82) is 0 Å². The zero-order chi connectivity index (χ0) is 31.9. The fourth-order valence-electron chi connectivity index (χ4n) is 4.55. The monoisotopic (exact) mass is 687 g/mol. The van der Waals surface area contributed by atoms with Crippen molar-refractivity contribution in [3.05, 3.63) is 84.7 Å². The molecule has 0 fully saturated rings. The van der Waals surface area contributed by atoms with Gasteiger partial charge >= 0.3 is 18.1 Å². The first-order valence-electron chi connectivity index (χ1n) is 12.1. The second-order valence-corrected chi connectivity index (χ2v) is 11.3. The molecule has 0 saturated carbocycles. The van der Waals surface area contributed by atoms with Crippen LogP contribution in [0.25, 0.3) is 27.4 Å². The van der Waals surface area contributed by atoms with E-state index in [2.05, 4.69) is 25.5 Å². The standard InChI is InChI=1S/C23H14Cl3N7O3S.C2HF3O2/c24-10-1-2-13(32-9-27-30-31-32)11(7-10)12-8-18(34)33-14(19(12)25)3-4-15(33)22-28-20(21(26)29-22)16-5-6-17(37-16)23(35)36;3-2(4,5)1(6)7/h1-2,5-9,15H,3-4H2,(H,28,29)(H,35,36);(H,6,7)/t15-;/m0./s1. The number of alkyl halides is 3. The van der Waals surface area contributed by atoms with Crippen molar-refractivity contribution >= 4 is 58.1 Å². The second kappa shape index (κ2) is 12.0.